The maximum atomic E-state index is 9.00. The summed E-state index contributed by atoms with van der Waals surface area (Å²) < 4.78 is 3.78. The lowest BCUT2D eigenvalue weighted by Gasteiger charge is -1.76. The quantitative estimate of drug-likeness (QED) is 0.776. The predicted molar refractivity (Wildman–Crippen MR) is 67.0 cm³/mol. The molecule has 2 rings (SSSR count). The molecule has 1 N–H and O–H groups in total. The number of carboxylic acids is 1. The number of halogens is 1. The van der Waals surface area contributed by atoms with E-state index in [1.54, 1.807) is 25.0 Å². The highest BCUT2D eigenvalue weighted by Crippen LogP contribution is 1.74. The monoisotopic (exact) mass is 260 g/mol. The molecule has 0 atom stereocenters. The van der Waals surface area contributed by atoms with E-state index in [2.05, 4.69) is 9.97 Å². The fraction of sp³-hybridized carbons (Fsp3) is 0.300. The van der Waals surface area contributed by atoms with Crippen molar-refractivity contribution >= 4 is 18.4 Å². The third-order valence-corrected chi connectivity index (χ3v) is 1.27. The van der Waals surface area contributed by atoms with E-state index in [-0.39, 0.29) is 12.4 Å². The van der Waals surface area contributed by atoms with Crippen molar-refractivity contribution in [2.24, 2.45) is 14.1 Å². The lowest BCUT2D eigenvalue weighted by Crippen LogP contribution is -1.78. The summed E-state index contributed by atoms with van der Waals surface area (Å²) in [5.74, 6) is -0.833. The van der Waals surface area contributed by atoms with Crippen LogP contribution in [-0.4, -0.2) is 30.2 Å². The van der Waals surface area contributed by atoms with Crippen molar-refractivity contribution in [3.8, 4) is 0 Å². The van der Waals surface area contributed by atoms with Gasteiger partial charge in [0.2, 0.25) is 0 Å². The summed E-state index contributed by atoms with van der Waals surface area (Å²) in [6.07, 6.45) is 10.8. The molecule has 0 radical (unpaired) electrons. The van der Waals surface area contributed by atoms with Crippen LogP contribution in [0, 0.1) is 0 Å². The number of hydrogen-bond acceptors (Lipinski definition) is 3. The number of rotatable bonds is 0. The van der Waals surface area contributed by atoms with Crippen molar-refractivity contribution in [3.05, 3.63) is 37.4 Å². The molecule has 0 unspecified atom stereocenters. The van der Waals surface area contributed by atoms with Crippen molar-refractivity contribution in [3.63, 3.8) is 0 Å². The van der Waals surface area contributed by atoms with Crippen molar-refractivity contribution in [1.82, 2.24) is 19.1 Å². The average molecular weight is 261 g/mol. The molecular formula is C10H17ClN4O2. The lowest BCUT2D eigenvalue weighted by atomic mass is 10.9. The number of aromatic nitrogens is 4. The largest absolute Gasteiger partial charge is 0.481 e. The van der Waals surface area contributed by atoms with Crippen LogP contribution in [0.15, 0.2) is 37.4 Å². The zero-order valence-electron chi connectivity index (χ0n) is 10.0. The minimum atomic E-state index is -0.833. The van der Waals surface area contributed by atoms with Gasteiger partial charge in [0.15, 0.2) is 0 Å². The Bertz CT molecular complexity index is 337. The Morgan fingerprint density at radius 3 is 1.41 bits per heavy atom. The molecule has 17 heavy (non-hydrogen) atoms. The van der Waals surface area contributed by atoms with Crippen LogP contribution >= 0.6 is 12.4 Å². The van der Waals surface area contributed by atoms with Gasteiger partial charge in [0, 0.05) is 45.8 Å². The molecule has 0 fully saturated rings. The molecule has 0 spiro atoms. The molecule has 0 aliphatic rings. The molecule has 7 heteroatoms. The van der Waals surface area contributed by atoms with Crippen LogP contribution in [0.3, 0.4) is 0 Å². The molecular weight excluding hydrogens is 244 g/mol. The number of nitrogens with zero attached hydrogens (tertiary/aromatic N) is 4. The van der Waals surface area contributed by atoms with Gasteiger partial charge in [-0.05, 0) is 0 Å². The van der Waals surface area contributed by atoms with Crippen molar-refractivity contribution in [2.75, 3.05) is 0 Å². The second-order valence-corrected chi connectivity index (χ2v) is 2.98. The Hall–Kier alpha value is -1.82. The second-order valence-electron chi connectivity index (χ2n) is 2.98. The first-order chi connectivity index (χ1) is 7.52. The predicted octanol–water partition coefficient (Wildman–Crippen LogP) is 1.35. The Morgan fingerprint density at radius 1 is 1.06 bits per heavy atom. The number of aliphatic carboxylic acids is 1. The van der Waals surface area contributed by atoms with Gasteiger partial charge < -0.3 is 14.2 Å². The van der Waals surface area contributed by atoms with Crippen LogP contribution in [-0.2, 0) is 18.9 Å². The van der Waals surface area contributed by atoms with Crippen LogP contribution in [0.5, 0.6) is 0 Å². The maximum absolute atomic E-state index is 9.00. The molecule has 2 aromatic rings. The molecule has 0 aliphatic heterocycles. The highest BCUT2D eigenvalue weighted by atomic mass is 35.5. The topological polar surface area (TPSA) is 72.9 Å². The van der Waals surface area contributed by atoms with E-state index in [4.69, 9.17) is 9.90 Å². The molecule has 2 heterocycles. The number of aryl methyl sites for hydroxylation is 2. The molecule has 0 aromatic carbocycles. The summed E-state index contributed by atoms with van der Waals surface area (Å²) in [6.45, 7) is 1.08. The molecule has 0 aliphatic carbocycles. The van der Waals surface area contributed by atoms with Crippen LogP contribution in [0.1, 0.15) is 6.92 Å². The maximum Gasteiger partial charge on any atom is 0.300 e. The first kappa shape index (κ1) is 17.6. The molecule has 2 aromatic heterocycles. The van der Waals surface area contributed by atoms with Gasteiger partial charge in [-0.1, -0.05) is 0 Å². The lowest BCUT2D eigenvalue weighted by molar-refractivity contribution is -0.134. The van der Waals surface area contributed by atoms with E-state index in [1.807, 2.05) is 35.6 Å². The number of imidazole rings is 2. The molecule has 0 saturated heterocycles. The summed E-state index contributed by atoms with van der Waals surface area (Å²) in [7, 11) is 3.88. The van der Waals surface area contributed by atoms with Gasteiger partial charge in [0.1, 0.15) is 0 Å². The van der Waals surface area contributed by atoms with Crippen molar-refractivity contribution < 1.29 is 9.90 Å². The minimum absolute atomic E-state index is 0. The Balaban J connectivity index is 0. The van der Waals surface area contributed by atoms with Gasteiger partial charge in [-0.3, -0.25) is 4.79 Å². The first-order valence-corrected chi connectivity index (χ1v) is 4.55. The normalized spacial score (nSPS) is 7.71. The fourth-order valence-electron chi connectivity index (χ4n) is 0.652. The summed E-state index contributed by atoms with van der Waals surface area (Å²) in [5.41, 5.74) is 0. The van der Waals surface area contributed by atoms with Gasteiger partial charge >= 0.3 is 0 Å². The van der Waals surface area contributed by atoms with E-state index >= 15 is 0 Å². The van der Waals surface area contributed by atoms with Crippen LogP contribution in [0.4, 0.5) is 0 Å². The van der Waals surface area contributed by atoms with Gasteiger partial charge in [-0.15, -0.1) is 12.4 Å². The van der Waals surface area contributed by atoms with Crippen molar-refractivity contribution in [2.45, 2.75) is 6.92 Å². The molecule has 0 saturated carbocycles. The zero-order chi connectivity index (χ0) is 12.4. The number of carboxylic acid groups (broad SMARTS) is 1. The minimum Gasteiger partial charge on any atom is -0.481 e. The van der Waals surface area contributed by atoms with Gasteiger partial charge in [-0.2, -0.15) is 0 Å². The Morgan fingerprint density at radius 2 is 1.35 bits per heavy atom. The second kappa shape index (κ2) is 10.7. The van der Waals surface area contributed by atoms with E-state index < -0.39 is 5.97 Å². The van der Waals surface area contributed by atoms with Gasteiger partial charge in [0.05, 0.1) is 12.7 Å². The van der Waals surface area contributed by atoms with Gasteiger partial charge in [-0.25, -0.2) is 9.97 Å². The SMILES string of the molecule is CC(=O)O.Cl.Cn1ccnc1.Cn1ccnc1. The summed E-state index contributed by atoms with van der Waals surface area (Å²) >= 11 is 0. The van der Waals surface area contributed by atoms with E-state index in [1.165, 1.54) is 0 Å². The molecule has 96 valence electrons. The highest BCUT2D eigenvalue weighted by Gasteiger charge is 1.70. The smallest absolute Gasteiger partial charge is 0.300 e. The zero-order valence-corrected chi connectivity index (χ0v) is 10.8. The molecule has 0 amide bonds. The van der Waals surface area contributed by atoms with Crippen molar-refractivity contribution in [1.29, 1.82) is 0 Å². The Labute approximate surface area is 106 Å². The highest BCUT2D eigenvalue weighted by molar-refractivity contribution is 5.85. The van der Waals surface area contributed by atoms with E-state index in [0.29, 0.717) is 0 Å². The van der Waals surface area contributed by atoms with Crippen LogP contribution in [0.25, 0.3) is 0 Å². The van der Waals surface area contributed by atoms with E-state index in [9.17, 15) is 0 Å². The first-order valence-electron chi connectivity index (χ1n) is 4.55. The third-order valence-electron chi connectivity index (χ3n) is 1.27. The van der Waals surface area contributed by atoms with Gasteiger partial charge in [0.25, 0.3) is 5.97 Å². The standard InChI is InChI=1S/2C4H6N2.C2H4O2.ClH/c2*1-6-3-2-5-4-6;1-2(3)4;/h2*2-4H,1H3;1H3,(H,3,4);1H. The molecule has 6 nitrogen and oxygen atoms in total. The molecule has 0 bridgehead atoms. The fourth-order valence-corrected chi connectivity index (χ4v) is 0.652. The summed E-state index contributed by atoms with van der Waals surface area (Å²) in [6, 6.07) is 0. The average Bonchev–Trinajstić information content (AvgIpc) is 2.78. The Kier molecular flexibility index (Phi) is 11.0. The van der Waals surface area contributed by atoms with Crippen LogP contribution < -0.4 is 0 Å². The van der Waals surface area contributed by atoms with E-state index in [0.717, 1.165) is 6.92 Å². The van der Waals surface area contributed by atoms with Crippen LogP contribution in [0.2, 0.25) is 0 Å². The summed E-state index contributed by atoms with van der Waals surface area (Å²) in [5, 5.41) is 7.42. The summed E-state index contributed by atoms with van der Waals surface area (Å²) in [4.78, 5) is 16.6. The number of carbonyl (C=O) groups is 1. The number of hydrogen-bond donors (Lipinski definition) is 1. The third kappa shape index (κ3) is 14.2.